The Morgan fingerprint density at radius 3 is 2.63 bits per heavy atom. The van der Waals surface area contributed by atoms with Crippen molar-refractivity contribution in [2.45, 2.75) is 31.7 Å². The van der Waals surface area contributed by atoms with Crippen LogP contribution in [0.3, 0.4) is 0 Å². The highest BCUT2D eigenvalue weighted by Crippen LogP contribution is 2.25. The molecular weight excluding hydrogens is 238 g/mol. The van der Waals surface area contributed by atoms with Gasteiger partial charge >= 0.3 is 0 Å². The first-order chi connectivity index (χ1) is 9.31. The molecule has 19 heavy (non-hydrogen) atoms. The third-order valence-electron chi connectivity index (χ3n) is 3.57. The Labute approximate surface area is 114 Å². The molecule has 0 aliphatic heterocycles. The van der Waals surface area contributed by atoms with Crippen molar-refractivity contribution in [3.8, 4) is 0 Å². The molecule has 3 heteroatoms. The third-order valence-corrected chi connectivity index (χ3v) is 3.57. The molecule has 102 valence electrons. The minimum Gasteiger partial charge on any atom is -0.396 e. The van der Waals surface area contributed by atoms with E-state index in [1.54, 1.807) is 6.08 Å². The Bertz CT molecular complexity index is 424. The lowest BCUT2D eigenvalue weighted by Crippen LogP contribution is -2.44. The zero-order valence-electron chi connectivity index (χ0n) is 11.2. The summed E-state index contributed by atoms with van der Waals surface area (Å²) in [4.78, 5) is 14.1. The van der Waals surface area contributed by atoms with Gasteiger partial charge in [-0.15, -0.1) is 0 Å². The second-order valence-corrected chi connectivity index (χ2v) is 4.94. The number of amides is 1. The van der Waals surface area contributed by atoms with Gasteiger partial charge in [-0.05, 0) is 37.3 Å². The summed E-state index contributed by atoms with van der Waals surface area (Å²) in [6, 6.07) is 10.2. The highest BCUT2D eigenvalue weighted by Gasteiger charge is 2.26. The predicted molar refractivity (Wildman–Crippen MR) is 76.5 cm³/mol. The fourth-order valence-electron chi connectivity index (χ4n) is 2.24. The van der Waals surface area contributed by atoms with Crippen LogP contribution in [0.5, 0.6) is 0 Å². The summed E-state index contributed by atoms with van der Waals surface area (Å²) in [5.41, 5.74) is 1.03. The Kier molecular flexibility index (Phi) is 5.16. The number of benzene rings is 1. The van der Waals surface area contributed by atoms with Crippen molar-refractivity contribution in [3.05, 3.63) is 42.0 Å². The van der Waals surface area contributed by atoms with Gasteiger partial charge in [-0.1, -0.05) is 30.3 Å². The quantitative estimate of drug-likeness (QED) is 0.797. The van der Waals surface area contributed by atoms with E-state index in [4.69, 9.17) is 5.11 Å². The number of aliphatic hydroxyl groups excluding tert-OH is 1. The number of aliphatic hydroxyl groups is 1. The van der Waals surface area contributed by atoms with E-state index in [1.807, 2.05) is 41.3 Å². The number of carbonyl (C=O) groups is 1. The molecule has 0 saturated heterocycles. The van der Waals surface area contributed by atoms with Crippen LogP contribution in [0.15, 0.2) is 36.4 Å². The van der Waals surface area contributed by atoms with Crippen LogP contribution >= 0.6 is 0 Å². The van der Waals surface area contributed by atoms with E-state index >= 15 is 0 Å². The van der Waals surface area contributed by atoms with Gasteiger partial charge in [0.25, 0.3) is 0 Å². The highest BCUT2D eigenvalue weighted by atomic mass is 16.3. The minimum absolute atomic E-state index is 0.0574. The summed E-state index contributed by atoms with van der Waals surface area (Å²) in [7, 11) is 0. The molecular formula is C16H21NO2. The van der Waals surface area contributed by atoms with Crippen LogP contribution in [0.25, 0.3) is 6.08 Å². The standard InChI is InChI=1S/C16H21NO2/c18-13-5-12-17(15-8-4-9-15)16(19)11-10-14-6-2-1-3-7-14/h1-3,6-7,10-11,15,18H,4-5,8-9,12-13H2/b11-10+. The average molecular weight is 259 g/mol. The lowest BCUT2D eigenvalue weighted by molar-refractivity contribution is -0.130. The summed E-state index contributed by atoms with van der Waals surface area (Å²) < 4.78 is 0. The zero-order valence-corrected chi connectivity index (χ0v) is 11.2. The van der Waals surface area contributed by atoms with Gasteiger partial charge < -0.3 is 10.0 Å². The lowest BCUT2D eigenvalue weighted by Gasteiger charge is -2.37. The summed E-state index contributed by atoms with van der Waals surface area (Å²) in [5, 5.41) is 8.92. The third kappa shape index (κ3) is 3.93. The Balaban J connectivity index is 1.96. The van der Waals surface area contributed by atoms with E-state index < -0.39 is 0 Å². The Morgan fingerprint density at radius 1 is 1.32 bits per heavy atom. The normalized spacial score (nSPS) is 15.4. The van der Waals surface area contributed by atoms with Crippen molar-refractivity contribution in [2.75, 3.05) is 13.2 Å². The second kappa shape index (κ2) is 7.10. The maximum absolute atomic E-state index is 12.2. The first kappa shape index (κ1) is 13.8. The van der Waals surface area contributed by atoms with Crippen LogP contribution in [-0.4, -0.2) is 35.1 Å². The van der Waals surface area contributed by atoms with Gasteiger partial charge in [-0.2, -0.15) is 0 Å². The van der Waals surface area contributed by atoms with Crippen LogP contribution < -0.4 is 0 Å². The van der Waals surface area contributed by atoms with Gasteiger partial charge in [0, 0.05) is 25.3 Å². The van der Waals surface area contributed by atoms with Gasteiger partial charge in [0.2, 0.25) is 5.91 Å². The van der Waals surface area contributed by atoms with Crippen molar-refractivity contribution in [1.82, 2.24) is 4.90 Å². The predicted octanol–water partition coefficient (Wildman–Crippen LogP) is 2.46. The molecule has 1 aliphatic carbocycles. The maximum Gasteiger partial charge on any atom is 0.246 e. The summed E-state index contributed by atoms with van der Waals surface area (Å²) in [5.74, 6) is 0.0574. The van der Waals surface area contributed by atoms with E-state index in [9.17, 15) is 4.79 Å². The van der Waals surface area contributed by atoms with Crippen molar-refractivity contribution in [1.29, 1.82) is 0 Å². The number of hydrogen-bond donors (Lipinski definition) is 1. The van der Waals surface area contributed by atoms with E-state index in [0.717, 1.165) is 18.4 Å². The first-order valence-corrected chi connectivity index (χ1v) is 6.96. The molecule has 0 aromatic heterocycles. The largest absolute Gasteiger partial charge is 0.396 e. The average Bonchev–Trinajstić information content (AvgIpc) is 2.39. The SMILES string of the molecule is O=C(/C=C/c1ccccc1)N(CCCO)C1CCC1. The molecule has 0 spiro atoms. The van der Waals surface area contributed by atoms with Gasteiger partial charge in [-0.25, -0.2) is 0 Å². The monoisotopic (exact) mass is 259 g/mol. The molecule has 0 heterocycles. The second-order valence-electron chi connectivity index (χ2n) is 4.94. The number of carbonyl (C=O) groups excluding carboxylic acids is 1. The van der Waals surface area contributed by atoms with Crippen molar-refractivity contribution >= 4 is 12.0 Å². The minimum atomic E-state index is 0.0574. The molecule has 2 rings (SSSR count). The smallest absolute Gasteiger partial charge is 0.246 e. The van der Waals surface area contributed by atoms with Crippen LogP contribution in [0, 0.1) is 0 Å². The molecule has 1 aliphatic rings. The molecule has 0 bridgehead atoms. The molecule has 1 aromatic carbocycles. The summed E-state index contributed by atoms with van der Waals surface area (Å²) in [6.07, 6.45) is 7.54. The molecule has 1 aromatic rings. The molecule has 1 fully saturated rings. The number of nitrogens with zero attached hydrogens (tertiary/aromatic N) is 1. The molecule has 1 amide bonds. The highest BCUT2D eigenvalue weighted by molar-refractivity contribution is 5.92. The molecule has 3 nitrogen and oxygen atoms in total. The van der Waals surface area contributed by atoms with E-state index in [1.165, 1.54) is 6.42 Å². The van der Waals surface area contributed by atoms with Crippen LogP contribution in [0.4, 0.5) is 0 Å². The maximum atomic E-state index is 12.2. The van der Waals surface area contributed by atoms with Crippen molar-refractivity contribution < 1.29 is 9.90 Å². The fourth-order valence-corrected chi connectivity index (χ4v) is 2.24. The summed E-state index contributed by atoms with van der Waals surface area (Å²) >= 11 is 0. The van der Waals surface area contributed by atoms with Gasteiger partial charge in [-0.3, -0.25) is 4.79 Å². The number of hydrogen-bond acceptors (Lipinski definition) is 2. The Hall–Kier alpha value is -1.61. The Morgan fingerprint density at radius 2 is 2.05 bits per heavy atom. The van der Waals surface area contributed by atoms with Crippen LogP contribution in [0.1, 0.15) is 31.2 Å². The van der Waals surface area contributed by atoms with E-state index in [2.05, 4.69) is 0 Å². The van der Waals surface area contributed by atoms with Gasteiger partial charge in [0.05, 0.1) is 0 Å². The topological polar surface area (TPSA) is 40.5 Å². The number of rotatable bonds is 6. The van der Waals surface area contributed by atoms with E-state index in [-0.39, 0.29) is 12.5 Å². The molecule has 0 radical (unpaired) electrons. The summed E-state index contributed by atoms with van der Waals surface area (Å²) in [6.45, 7) is 0.790. The molecule has 1 N–H and O–H groups in total. The van der Waals surface area contributed by atoms with Crippen LogP contribution in [-0.2, 0) is 4.79 Å². The van der Waals surface area contributed by atoms with Gasteiger partial charge in [0.1, 0.15) is 0 Å². The molecule has 0 atom stereocenters. The lowest BCUT2D eigenvalue weighted by atomic mass is 9.91. The first-order valence-electron chi connectivity index (χ1n) is 6.96. The molecule has 0 unspecified atom stereocenters. The van der Waals surface area contributed by atoms with Crippen molar-refractivity contribution in [3.63, 3.8) is 0 Å². The fraction of sp³-hybridized carbons (Fsp3) is 0.438. The van der Waals surface area contributed by atoms with Crippen molar-refractivity contribution in [2.24, 2.45) is 0 Å². The molecule has 1 saturated carbocycles. The zero-order chi connectivity index (χ0) is 13.5. The van der Waals surface area contributed by atoms with E-state index in [0.29, 0.717) is 19.0 Å². The van der Waals surface area contributed by atoms with Crippen LogP contribution in [0.2, 0.25) is 0 Å². The van der Waals surface area contributed by atoms with Gasteiger partial charge in [0.15, 0.2) is 0 Å².